The third-order valence-corrected chi connectivity index (χ3v) is 2.53. The normalized spacial score (nSPS) is 14.9. The van der Waals surface area contributed by atoms with Gasteiger partial charge in [-0.2, -0.15) is 5.10 Å². The van der Waals surface area contributed by atoms with Crippen molar-refractivity contribution in [3.63, 3.8) is 0 Å². The first-order valence-corrected chi connectivity index (χ1v) is 5.37. The van der Waals surface area contributed by atoms with Gasteiger partial charge in [-0.3, -0.25) is 14.8 Å². The van der Waals surface area contributed by atoms with Gasteiger partial charge in [-0.25, -0.2) is 0 Å². The van der Waals surface area contributed by atoms with Crippen LogP contribution in [0.5, 0.6) is 0 Å². The summed E-state index contributed by atoms with van der Waals surface area (Å²) < 4.78 is 6.87. The lowest BCUT2D eigenvalue weighted by molar-refractivity contribution is 0.101. The SMILES string of the molecule is Cn1ccc(C(=O)Nc2nnc(C3CC3)o2)n1. The Morgan fingerprint density at radius 3 is 3.00 bits per heavy atom. The molecule has 0 aliphatic heterocycles. The molecule has 0 atom stereocenters. The summed E-state index contributed by atoms with van der Waals surface area (Å²) in [6.07, 6.45) is 3.85. The zero-order valence-corrected chi connectivity index (χ0v) is 9.25. The van der Waals surface area contributed by atoms with Gasteiger partial charge in [-0.15, -0.1) is 5.10 Å². The zero-order valence-electron chi connectivity index (χ0n) is 9.25. The van der Waals surface area contributed by atoms with Crippen molar-refractivity contribution in [3.8, 4) is 0 Å². The Morgan fingerprint density at radius 1 is 1.53 bits per heavy atom. The van der Waals surface area contributed by atoms with Crippen LogP contribution >= 0.6 is 0 Å². The van der Waals surface area contributed by atoms with Gasteiger partial charge in [-0.1, -0.05) is 5.10 Å². The highest BCUT2D eigenvalue weighted by Crippen LogP contribution is 2.39. The van der Waals surface area contributed by atoms with E-state index in [1.165, 1.54) is 0 Å². The third-order valence-electron chi connectivity index (χ3n) is 2.53. The van der Waals surface area contributed by atoms with E-state index in [-0.39, 0.29) is 11.9 Å². The van der Waals surface area contributed by atoms with Gasteiger partial charge in [0, 0.05) is 19.2 Å². The minimum absolute atomic E-state index is 0.127. The molecule has 0 bridgehead atoms. The fourth-order valence-corrected chi connectivity index (χ4v) is 1.48. The first-order valence-electron chi connectivity index (χ1n) is 5.37. The number of aryl methyl sites for hydroxylation is 1. The van der Waals surface area contributed by atoms with Gasteiger partial charge in [0.05, 0.1) is 0 Å². The van der Waals surface area contributed by atoms with Gasteiger partial charge < -0.3 is 4.42 Å². The van der Waals surface area contributed by atoms with E-state index in [0.717, 1.165) is 12.8 Å². The van der Waals surface area contributed by atoms with Gasteiger partial charge >= 0.3 is 6.01 Å². The van der Waals surface area contributed by atoms with Crippen molar-refractivity contribution in [3.05, 3.63) is 23.8 Å². The smallest absolute Gasteiger partial charge is 0.322 e. The van der Waals surface area contributed by atoms with E-state index in [4.69, 9.17) is 4.42 Å². The van der Waals surface area contributed by atoms with E-state index in [9.17, 15) is 4.79 Å². The minimum atomic E-state index is -0.350. The summed E-state index contributed by atoms with van der Waals surface area (Å²) in [5, 5.41) is 14.1. The molecule has 1 saturated carbocycles. The maximum absolute atomic E-state index is 11.7. The molecule has 1 amide bonds. The Morgan fingerprint density at radius 2 is 2.35 bits per heavy atom. The monoisotopic (exact) mass is 233 g/mol. The van der Waals surface area contributed by atoms with Crippen LogP contribution in [0.3, 0.4) is 0 Å². The van der Waals surface area contributed by atoms with Crippen LogP contribution in [0.25, 0.3) is 0 Å². The van der Waals surface area contributed by atoms with Crippen molar-refractivity contribution >= 4 is 11.9 Å². The molecule has 1 fully saturated rings. The molecule has 2 heterocycles. The lowest BCUT2D eigenvalue weighted by atomic mass is 10.4. The predicted octanol–water partition coefficient (Wildman–Crippen LogP) is 0.933. The maximum atomic E-state index is 11.7. The Labute approximate surface area is 96.8 Å². The first kappa shape index (κ1) is 10.0. The van der Waals surface area contributed by atoms with Crippen LogP contribution in [-0.4, -0.2) is 25.9 Å². The Balaban J connectivity index is 1.71. The van der Waals surface area contributed by atoms with Gasteiger partial charge in [0.15, 0.2) is 5.69 Å². The molecule has 7 nitrogen and oxygen atoms in total. The highest BCUT2D eigenvalue weighted by atomic mass is 16.4. The van der Waals surface area contributed by atoms with Crippen molar-refractivity contribution in [1.29, 1.82) is 0 Å². The van der Waals surface area contributed by atoms with Crippen LogP contribution in [-0.2, 0) is 7.05 Å². The maximum Gasteiger partial charge on any atom is 0.322 e. The molecule has 17 heavy (non-hydrogen) atoms. The number of nitrogens with zero attached hydrogens (tertiary/aromatic N) is 4. The molecule has 2 aromatic rings. The molecule has 1 aliphatic carbocycles. The average molecular weight is 233 g/mol. The van der Waals surface area contributed by atoms with E-state index in [0.29, 0.717) is 17.5 Å². The molecule has 0 unspecified atom stereocenters. The number of carbonyl (C=O) groups excluding carboxylic acids is 1. The second kappa shape index (κ2) is 3.69. The fourth-order valence-electron chi connectivity index (χ4n) is 1.48. The highest BCUT2D eigenvalue weighted by Gasteiger charge is 2.29. The number of anilines is 1. The highest BCUT2D eigenvalue weighted by molar-refractivity contribution is 6.01. The van der Waals surface area contributed by atoms with Gasteiger partial charge in [0.2, 0.25) is 5.89 Å². The summed E-state index contributed by atoms with van der Waals surface area (Å²) in [6, 6.07) is 1.75. The first-order chi connectivity index (χ1) is 8.22. The molecule has 88 valence electrons. The molecular weight excluding hydrogens is 222 g/mol. The van der Waals surface area contributed by atoms with Crippen LogP contribution in [0, 0.1) is 0 Å². The second-order valence-electron chi connectivity index (χ2n) is 4.05. The number of nitrogens with one attached hydrogen (secondary N) is 1. The number of rotatable bonds is 3. The summed E-state index contributed by atoms with van der Waals surface area (Å²) in [6.45, 7) is 0. The summed E-state index contributed by atoms with van der Waals surface area (Å²) in [7, 11) is 1.74. The molecule has 0 spiro atoms. The number of hydrogen-bond donors (Lipinski definition) is 1. The van der Waals surface area contributed by atoms with Gasteiger partial charge in [0.25, 0.3) is 5.91 Å². The molecule has 0 aromatic carbocycles. The van der Waals surface area contributed by atoms with Crippen molar-refractivity contribution in [1.82, 2.24) is 20.0 Å². The molecule has 7 heteroatoms. The van der Waals surface area contributed by atoms with Gasteiger partial charge in [-0.05, 0) is 18.9 Å². The summed E-state index contributed by atoms with van der Waals surface area (Å²) >= 11 is 0. The number of amides is 1. The molecular formula is C10H11N5O2. The minimum Gasteiger partial charge on any atom is -0.408 e. The molecule has 1 N–H and O–H groups in total. The number of aromatic nitrogens is 4. The molecule has 1 aliphatic rings. The summed E-state index contributed by atoms with van der Waals surface area (Å²) in [4.78, 5) is 11.7. The van der Waals surface area contributed by atoms with Crippen molar-refractivity contribution < 1.29 is 9.21 Å². The number of hydrogen-bond acceptors (Lipinski definition) is 5. The topological polar surface area (TPSA) is 85.8 Å². The van der Waals surface area contributed by atoms with Crippen LogP contribution in [0.2, 0.25) is 0 Å². The Hall–Kier alpha value is -2.18. The van der Waals surface area contributed by atoms with Crippen LogP contribution in [0.1, 0.15) is 35.1 Å². The quantitative estimate of drug-likeness (QED) is 0.852. The van der Waals surface area contributed by atoms with Crippen molar-refractivity contribution in [2.45, 2.75) is 18.8 Å². The second-order valence-corrected chi connectivity index (χ2v) is 4.05. The summed E-state index contributed by atoms with van der Waals surface area (Å²) in [5.74, 6) is 0.626. The van der Waals surface area contributed by atoms with Crippen LogP contribution in [0.4, 0.5) is 6.01 Å². The zero-order chi connectivity index (χ0) is 11.8. The van der Waals surface area contributed by atoms with Crippen LogP contribution in [0.15, 0.2) is 16.7 Å². The third kappa shape index (κ3) is 2.03. The van der Waals surface area contributed by atoms with E-state index < -0.39 is 0 Å². The van der Waals surface area contributed by atoms with E-state index in [2.05, 4.69) is 20.6 Å². The average Bonchev–Trinajstić information content (AvgIpc) is 2.90. The number of carbonyl (C=O) groups is 1. The molecule has 2 aromatic heterocycles. The lowest BCUT2D eigenvalue weighted by Crippen LogP contribution is -2.13. The largest absolute Gasteiger partial charge is 0.408 e. The van der Waals surface area contributed by atoms with Crippen LogP contribution < -0.4 is 5.32 Å². The van der Waals surface area contributed by atoms with Crippen molar-refractivity contribution in [2.75, 3.05) is 5.32 Å². The Bertz CT molecular complexity index is 555. The van der Waals surface area contributed by atoms with Gasteiger partial charge in [0.1, 0.15) is 0 Å². The van der Waals surface area contributed by atoms with E-state index >= 15 is 0 Å². The molecule has 3 rings (SSSR count). The van der Waals surface area contributed by atoms with E-state index in [1.807, 2.05) is 0 Å². The summed E-state index contributed by atoms with van der Waals surface area (Å²) in [5.41, 5.74) is 0.318. The van der Waals surface area contributed by atoms with E-state index in [1.54, 1.807) is 24.0 Å². The standard InChI is InChI=1S/C10H11N5O2/c1-15-5-4-7(14-15)8(16)11-10-13-12-9(17-10)6-2-3-6/h4-6H,2-3H2,1H3,(H,11,13,16). The predicted molar refractivity (Wildman–Crippen MR) is 57.4 cm³/mol. The molecule has 0 radical (unpaired) electrons. The Kier molecular flexibility index (Phi) is 2.17. The lowest BCUT2D eigenvalue weighted by Gasteiger charge is -1.95. The molecule has 0 saturated heterocycles. The van der Waals surface area contributed by atoms with Crippen molar-refractivity contribution in [2.24, 2.45) is 7.05 Å². The fraction of sp³-hybridized carbons (Fsp3) is 0.400.